The van der Waals surface area contributed by atoms with Crippen molar-refractivity contribution in [1.82, 2.24) is 9.97 Å². The van der Waals surface area contributed by atoms with Crippen molar-refractivity contribution in [1.29, 1.82) is 0 Å². The van der Waals surface area contributed by atoms with Crippen molar-refractivity contribution < 1.29 is 4.74 Å². The van der Waals surface area contributed by atoms with Crippen molar-refractivity contribution in [3.8, 4) is 0 Å². The number of rotatable bonds is 3. The van der Waals surface area contributed by atoms with Crippen LogP contribution in [0.15, 0.2) is 6.07 Å². The minimum Gasteiger partial charge on any atom is -0.373 e. The number of hydrogen-bond acceptors (Lipinski definition) is 5. The quantitative estimate of drug-likeness (QED) is 0.877. The smallest absolute Gasteiger partial charge is 0.134 e. The van der Waals surface area contributed by atoms with Gasteiger partial charge < -0.3 is 15.0 Å². The van der Waals surface area contributed by atoms with Crippen LogP contribution in [-0.2, 0) is 11.2 Å². The van der Waals surface area contributed by atoms with Crippen molar-refractivity contribution in [2.45, 2.75) is 38.4 Å². The molecule has 98 valence electrons. The van der Waals surface area contributed by atoms with Crippen LogP contribution in [-0.4, -0.2) is 42.3 Å². The van der Waals surface area contributed by atoms with Gasteiger partial charge in [0.25, 0.3) is 0 Å². The highest BCUT2D eigenvalue weighted by Crippen LogP contribution is 2.29. The van der Waals surface area contributed by atoms with Crippen LogP contribution in [0.1, 0.15) is 25.6 Å². The average molecular weight is 248 g/mol. The third-order valence-corrected chi connectivity index (χ3v) is 3.70. The molecule has 0 amide bonds. The topological polar surface area (TPSA) is 50.3 Å². The Kier molecular flexibility index (Phi) is 3.07. The normalized spacial score (nSPS) is 26.4. The number of hydrogen-bond donors (Lipinski definition) is 1. The molecule has 18 heavy (non-hydrogen) atoms. The molecule has 5 nitrogen and oxygen atoms in total. The Morgan fingerprint density at radius 3 is 2.67 bits per heavy atom. The Hall–Kier alpha value is -1.36. The molecule has 2 unspecified atom stereocenters. The molecule has 1 aromatic heterocycles. The van der Waals surface area contributed by atoms with E-state index in [-0.39, 0.29) is 0 Å². The van der Waals surface area contributed by atoms with Crippen LogP contribution in [0, 0.1) is 0 Å². The summed E-state index contributed by atoms with van der Waals surface area (Å²) in [5, 5.41) is 3.11. The van der Waals surface area contributed by atoms with Crippen molar-refractivity contribution >= 4 is 11.6 Å². The minimum atomic E-state index is 0.391. The predicted octanol–water partition coefficient (Wildman–Crippen LogP) is 1.45. The monoisotopic (exact) mass is 248 g/mol. The summed E-state index contributed by atoms with van der Waals surface area (Å²) in [4.78, 5) is 11.4. The van der Waals surface area contributed by atoms with Gasteiger partial charge in [-0.05, 0) is 12.8 Å². The van der Waals surface area contributed by atoms with Crippen molar-refractivity contribution in [3.63, 3.8) is 0 Å². The molecule has 2 bridgehead atoms. The molecule has 2 atom stereocenters. The molecule has 0 aliphatic carbocycles. The summed E-state index contributed by atoms with van der Waals surface area (Å²) < 4.78 is 5.86. The second kappa shape index (κ2) is 4.72. The molecule has 1 aromatic rings. The molecule has 0 saturated carbocycles. The van der Waals surface area contributed by atoms with Crippen LogP contribution in [0.25, 0.3) is 0 Å². The Balaban J connectivity index is 1.86. The summed E-state index contributed by atoms with van der Waals surface area (Å²) in [5.74, 6) is 2.83. The van der Waals surface area contributed by atoms with Gasteiger partial charge in [-0.2, -0.15) is 0 Å². The molecule has 0 radical (unpaired) electrons. The van der Waals surface area contributed by atoms with E-state index in [0.717, 1.165) is 37.0 Å². The van der Waals surface area contributed by atoms with Gasteiger partial charge in [-0.1, -0.05) is 6.92 Å². The predicted molar refractivity (Wildman–Crippen MR) is 71.1 cm³/mol. The van der Waals surface area contributed by atoms with Crippen LogP contribution in [0.5, 0.6) is 0 Å². The number of aromatic nitrogens is 2. The Bertz CT molecular complexity index is 403. The van der Waals surface area contributed by atoms with E-state index in [2.05, 4.69) is 27.1 Å². The van der Waals surface area contributed by atoms with Crippen molar-refractivity contribution in [3.05, 3.63) is 11.9 Å². The van der Waals surface area contributed by atoms with Gasteiger partial charge in [0, 0.05) is 32.6 Å². The number of anilines is 2. The van der Waals surface area contributed by atoms with E-state index < -0.39 is 0 Å². The molecular weight excluding hydrogens is 228 g/mol. The SMILES string of the molecule is CCc1nc(NC)cc(N2CC3CCC(C2)O3)n1. The first kappa shape index (κ1) is 11.7. The maximum Gasteiger partial charge on any atom is 0.134 e. The molecule has 3 rings (SSSR count). The molecule has 2 fully saturated rings. The van der Waals surface area contributed by atoms with Gasteiger partial charge in [-0.3, -0.25) is 0 Å². The van der Waals surface area contributed by atoms with Crippen molar-refractivity contribution in [2.75, 3.05) is 30.4 Å². The molecule has 0 aromatic carbocycles. The highest BCUT2D eigenvalue weighted by molar-refractivity contribution is 5.49. The van der Waals surface area contributed by atoms with Crippen LogP contribution in [0.4, 0.5) is 11.6 Å². The maximum absolute atomic E-state index is 5.86. The van der Waals surface area contributed by atoms with E-state index in [4.69, 9.17) is 4.74 Å². The minimum absolute atomic E-state index is 0.391. The number of nitrogens with zero attached hydrogens (tertiary/aromatic N) is 3. The molecule has 2 aliphatic heterocycles. The fourth-order valence-electron chi connectivity index (χ4n) is 2.73. The number of fused-ring (bicyclic) bond motifs is 2. The number of nitrogens with one attached hydrogen (secondary N) is 1. The van der Waals surface area contributed by atoms with E-state index in [0.29, 0.717) is 12.2 Å². The first-order valence-electron chi connectivity index (χ1n) is 6.74. The number of morpholine rings is 1. The fraction of sp³-hybridized carbons (Fsp3) is 0.692. The second-order valence-corrected chi connectivity index (χ2v) is 4.99. The van der Waals surface area contributed by atoms with E-state index in [1.807, 2.05) is 13.1 Å². The second-order valence-electron chi connectivity index (χ2n) is 4.99. The summed E-state index contributed by atoms with van der Waals surface area (Å²) in [6.07, 6.45) is 4.01. The molecule has 5 heteroatoms. The summed E-state index contributed by atoms with van der Waals surface area (Å²) in [6, 6.07) is 2.03. The standard InChI is InChI=1S/C13H20N4O/c1-3-11-15-12(14-2)6-13(16-11)17-7-9-4-5-10(8-17)18-9/h6,9-10H,3-5,7-8H2,1-2H3,(H,14,15,16). The van der Waals surface area contributed by atoms with Gasteiger partial charge >= 0.3 is 0 Å². The lowest BCUT2D eigenvalue weighted by Crippen LogP contribution is -2.43. The number of ether oxygens (including phenoxy) is 1. The fourth-order valence-corrected chi connectivity index (χ4v) is 2.73. The molecule has 1 N–H and O–H groups in total. The highest BCUT2D eigenvalue weighted by Gasteiger charge is 2.34. The third kappa shape index (κ3) is 2.14. The lowest BCUT2D eigenvalue weighted by atomic mass is 10.2. The third-order valence-electron chi connectivity index (χ3n) is 3.70. The first-order valence-corrected chi connectivity index (χ1v) is 6.74. The Labute approximate surface area is 108 Å². The zero-order chi connectivity index (χ0) is 12.5. The van der Waals surface area contributed by atoms with Gasteiger partial charge in [0.05, 0.1) is 12.2 Å². The molecule has 2 saturated heterocycles. The summed E-state index contributed by atoms with van der Waals surface area (Å²) in [5.41, 5.74) is 0. The average Bonchev–Trinajstić information content (AvgIpc) is 2.76. The summed E-state index contributed by atoms with van der Waals surface area (Å²) in [7, 11) is 1.90. The molecule has 2 aliphatic rings. The maximum atomic E-state index is 5.86. The van der Waals surface area contributed by atoms with E-state index >= 15 is 0 Å². The van der Waals surface area contributed by atoms with Gasteiger partial charge in [-0.15, -0.1) is 0 Å². The van der Waals surface area contributed by atoms with Gasteiger partial charge in [0.1, 0.15) is 17.5 Å². The zero-order valence-corrected chi connectivity index (χ0v) is 11.0. The van der Waals surface area contributed by atoms with Gasteiger partial charge in [-0.25, -0.2) is 9.97 Å². The van der Waals surface area contributed by atoms with Crippen LogP contribution < -0.4 is 10.2 Å². The summed E-state index contributed by atoms with van der Waals surface area (Å²) in [6.45, 7) is 4.00. The summed E-state index contributed by atoms with van der Waals surface area (Å²) >= 11 is 0. The largest absolute Gasteiger partial charge is 0.373 e. The van der Waals surface area contributed by atoms with Crippen LogP contribution in [0.2, 0.25) is 0 Å². The number of aryl methyl sites for hydroxylation is 1. The Morgan fingerprint density at radius 2 is 2.06 bits per heavy atom. The van der Waals surface area contributed by atoms with Crippen molar-refractivity contribution in [2.24, 2.45) is 0 Å². The lowest BCUT2D eigenvalue weighted by Gasteiger charge is -2.33. The van der Waals surface area contributed by atoms with E-state index in [1.54, 1.807) is 0 Å². The van der Waals surface area contributed by atoms with E-state index in [1.165, 1.54) is 12.8 Å². The Morgan fingerprint density at radius 1 is 1.33 bits per heavy atom. The molecule has 0 spiro atoms. The van der Waals surface area contributed by atoms with Crippen LogP contribution >= 0.6 is 0 Å². The molecular formula is C13H20N4O. The highest BCUT2D eigenvalue weighted by atomic mass is 16.5. The first-order chi connectivity index (χ1) is 8.78. The van der Waals surface area contributed by atoms with E-state index in [9.17, 15) is 0 Å². The van der Waals surface area contributed by atoms with Gasteiger partial charge in [0.2, 0.25) is 0 Å². The molecule has 3 heterocycles. The zero-order valence-electron chi connectivity index (χ0n) is 11.0. The van der Waals surface area contributed by atoms with Crippen LogP contribution in [0.3, 0.4) is 0 Å². The lowest BCUT2D eigenvalue weighted by molar-refractivity contribution is 0.0302. The van der Waals surface area contributed by atoms with Gasteiger partial charge in [0.15, 0.2) is 0 Å².